The molecule has 19 heavy (non-hydrogen) atoms. The van der Waals surface area contributed by atoms with Crippen molar-refractivity contribution in [3.8, 4) is 0 Å². The first-order valence-corrected chi connectivity index (χ1v) is 7.82. The summed E-state index contributed by atoms with van der Waals surface area (Å²) in [5.41, 5.74) is 1.39. The van der Waals surface area contributed by atoms with E-state index < -0.39 is 0 Å². The molecule has 2 nitrogen and oxygen atoms in total. The third kappa shape index (κ3) is 3.97. The normalized spacial score (nSPS) is 22.6. The summed E-state index contributed by atoms with van der Waals surface area (Å²) in [6.45, 7) is 4.66. The molecule has 0 heterocycles. The summed E-state index contributed by atoms with van der Waals surface area (Å²) in [5.74, 6) is 0.807. The van der Waals surface area contributed by atoms with Crippen LogP contribution in [0, 0.1) is 5.92 Å². The van der Waals surface area contributed by atoms with Crippen molar-refractivity contribution >= 4 is 5.69 Å². The molecule has 0 bridgehead atoms. The molecule has 1 fully saturated rings. The minimum atomic E-state index is 0.716. The zero-order chi connectivity index (χ0) is 13.5. The molecule has 1 saturated carbocycles. The zero-order valence-corrected chi connectivity index (χ0v) is 12.4. The largest absolute Gasteiger partial charge is 0.371 e. The smallest absolute Gasteiger partial charge is 0.0366 e. The summed E-state index contributed by atoms with van der Waals surface area (Å²) in [6, 6.07) is 11.6. The molecule has 106 valence electrons. The van der Waals surface area contributed by atoms with Gasteiger partial charge in [0.15, 0.2) is 0 Å². The molecule has 0 amide bonds. The van der Waals surface area contributed by atoms with Crippen LogP contribution in [0.25, 0.3) is 0 Å². The van der Waals surface area contributed by atoms with Crippen LogP contribution in [0.2, 0.25) is 0 Å². The SMILES string of the molecule is CCCCN(CC1CCCC1NC)c1ccccc1. The third-order valence-corrected chi connectivity index (χ3v) is 4.39. The standard InChI is InChI=1S/C17H28N2/c1-3-4-13-19(16-10-6-5-7-11-16)14-15-9-8-12-17(15)18-2/h5-7,10-11,15,17-18H,3-4,8-9,12-14H2,1-2H3. The second-order valence-electron chi connectivity index (χ2n) is 5.72. The van der Waals surface area contributed by atoms with Gasteiger partial charge in [-0.3, -0.25) is 0 Å². The summed E-state index contributed by atoms with van der Waals surface area (Å²) in [6.07, 6.45) is 6.65. The highest BCUT2D eigenvalue weighted by Gasteiger charge is 2.27. The van der Waals surface area contributed by atoms with Gasteiger partial charge in [-0.05, 0) is 44.4 Å². The molecule has 1 aromatic rings. The molecule has 2 heteroatoms. The van der Waals surface area contributed by atoms with E-state index in [2.05, 4.69) is 54.5 Å². The number of para-hydroxylation sites is 1. The lowest BCUT2D eigenvalue weighted by Crippen LogP contribution is -2.38. The maximum atomic E-state index is 3.50. The predicted octanol–water partition coefficient (Wildman–Crippen LogP) is 3.68. The number of benzene rings is 1. The van der Waals surface area contributed by atoms with E-state index in [0.29, 0.717) is 6.04 Å². The van der Waals surface area contributed by atoms with Crippen molar-refractivity contribution < 1.29 is 0 Å². The first-order valence-electron chi connectivity index (χ1n) is 7.82. The van der Waals surface area contributed by atoms with Gasteiger partial charge in [0.25, 0.3) is 0 Å². The molecule has 0 aliphatic heterocycles. The van der Waals surface area contributed by atoms with Crippen LogP contribution in [0.5, 0.6) is 0 Å². The van der Waals surface area contributed by atoms with Crippen LogP contribution < -0.4 is 10.2 Å². The van der Waals surface area contributed by atoms with E-state index in [1.807, 2.05) is 0 Å². The number of anilines is 1. The maximum absolute atomic E-state index is 3.50. The molecule has 1 aromatic carbocycles. The summed E-state index contributed by atoms with van der Waals surface area (Å²) >= 11 is 0. The first-order chi connectivity index (χ1) is 9.35. The van der Waals surface area contributed by atoms with E-state index in [1.54, 1.807) is 0 Å². The van der Waals surface area contributed by atoms with E-state index in [9.17, 15) is 0 Å². The highest BCUT2D eigenvalue weighted by molar-refractivity contribution is 5.46. The number of nitrogens with zero attached hydrogens (tertiary/aromatic N) is 1. The van der Waals surface area contributed by atoms with Gasteiger partial charge in [-0.15, -0.1) is 0 Å². The first kappa shape index (κ1) is 14.4. The highest BCUT2D eigenvalue weighted by Crippen LogP contribution is 2.28. The second kappa shape index (κ2) is 7.54. The quantitative estimate of drug-likeness (QED) is 0.804. The fourth-order valence-corrected chi connectivity index (χ4v) is 3.23. The van der Waals surface area contributed by atoms with Crippen molar-refractivity contribution in [1.82, 2.24) is 5.32 Å². The minimum absolute atomic E-state index is 0.716. The maximum Gasteiger partial charge on any atom is 0.0366 e. The Morgan fingerprint density at radius 1 is 1.21 bits per heavy atom. The lowest BCUT2D eigenvalue weighted by atomic mass is 10.0. The van der Waals surface area contributed by atoms with Crippen molar-refractivity contribution in [2.45, 2.75) is 45.1 Å². The minimum Gasteiger partial charge on any atom is -0.371 e. The summed E-state index contributed by atoms with van der Waals surface area (Å²) in [5, 5.41) is 3.50. The molecule has 1 N–H and O–H groups in total. The van der Waals surface area contributed by atoms with Gasteiger partial charge in [0, 0.05) is 24.8 Å². The molecule has 0 saturated heterocycles. The van der Waals surface area contributed by atoms with Crippen LogP contribution in [-0.4, -0.2) is 26.2 Å². The molecule has 2 atom stereocenters. The van der Waals surface area contributed by atoms with Gasteiger partial charge >= 0.3 is 0 Å². The molecule has 0 spiro atoms. The Bertz CT molecular complexity index is 350. The van der Waals surface area contributed by atoms with Crippen LogP contribution in [0.4, 0.5) is 5.69 Å². The predicted molar refractivity (Wildman–Crippen MR) is 83.8 cm³/mol. The molecule has 1 aliphatic rings. The van der Waals surface area contributed by atoms with E-state index in [1.165, 1.54) is 50.9 Å². The Kier molecular flexibility index (Phi) is 5.71. The van der Waals surface area contributed by atoms with Crippen LogP contribution >= 0.6 is 0 Å². The number of nitrogens with one attached hydrogen (secondary N) is 1. The molecular formula is C17H28N2. The van der Waals surface area contributed by atoms with Crippen molar-refractivity contribution in [3.63, 3.8) is 0 Å². The Balaban J connectivity index is 2.01. The van der Waals surface area contributed by atoms with Gasteiger partial charge < -0.3 is 10.2 Å². The second-order valence-corrected chi connectivity index (χ2v) is 5.72. The van der Waals surface area contributed by atoms with Crippen molar-refractivity contribution in [3.05, 3.63) is 30.3 Å². The van der Waals surface area contributed by atoms with Crippen LogP contribution in [0.15, 0.2) is 30.3 Å². The Morgan fingerprint density at radius 3 is 2.68 bits per heavy atom. The molecule has 2 unspecified atom stereocenters. The lowest BCUT2D eigenvalue weighted by Gasteiger charge is -2.30. The molecule has 0 aromatic heterocycles. The number of rotatable bonds is 7. The Hall–Kier alpha value is -1.02. The van der Waals surface area contributed by atoms with Crippen LogP contribution in [0.3, 0.4) is 0 Å². The van der Waals surface area contributed by atoms with Crippen molar-refractivity contribution in [2.75, 3.05) is 25.0 Å². The average molecular weight is 260 g/mol. The van der Waals surface area contributed by atoms with Crippen LogP contribution in [0.1, 0.15) is 39.0 Å². The molecule has 2 rings (SSSR count). The van der Waals surface area contributed by atoms with Crippen molar-refractivity contribution in [1.29, 1.82) is 0 Å². The van der Waals surface area contributed by atoms with Gasteiger partial charge in [0.2, 0.25) is 0 Å². The average Bonchev–Trinajstić information content (AvgIpc) is 2.91. The van der Waals surface area contributed by atoms with Gasteiger partial charge in [0.05, 0.1) is 0 Å². The van der Waals surface area contributed by atoms with E-state index in [4.69, 9.17) is 0 Å². The Labute approximate surface area is 118 Å². The van der Waals surface area contributed by atoms with Gasteiger partial charge in [-0.25, -0.2) is 0 Å². The number of unbranched alkanes of at least 4 members (excludes halogenated alkanes) is 1. The van der Waals surface area contributed by atoms with Gasteiger partial charge in [-0.2, -0.15) is 0 Å². The number of hydrogen-bond acceptors (Lipinski definition) is 2. The van der Waals surface area contributed by atoms with E-state index >= 15 is 0 Å². The summed E-state index contributed by atoms with van der Waals surface area (Å²) in [4.78, 5) is 2.59. The fraction of sp³-hybridized carbons (Fsp3) is 0.647. The molecular weight excluding hydrogens is 232 g/mol. The lowest BCUT2D eigenvalue weighted by molar-refractivity contribution is 0.421. The highest BCUT2D eigenvalue weighted by atomic mass is 15.1. The Morgan fingerprint density at radius 2 is 2.00 bits per heavy atom. The van der Waals surface area contributed by atoms with E-state index in [-0.39, 0.29) is 0 Å². The number of hydrogen-bond donors (Lipinski definition) is 1. The van der Waals surface area contributed by atoms with Crippen molar-refractivity contribution in [2.24, 2.45) is 5.92 Å². The zero-order valence-electron chi connectivity index (χ0n) is 12.4. The van der Waals surface area contributed by atoms with E-state index in [0.717, 1.165) is 5.92 Å². The summed E-state index contributed by atoms with van der Waals surface area (Å²) in [7, 11) is 2.11. The molecule has 1 aliphatic carbocycles. The fourth-order valence-electron chi connectivity index (χ4n) is 3.23. The van der Waals surface area contributed by atoms with Gasteiger partial charge in [0.1, 0.15) is 0 Å². The van der Waals surface area contributed by atoms with Gasteiger partial charge in [-0.1, -0.05) is 38.0 Å². The summed E-state index contributed by atoms with van der Waals surface area (Å²) < 4.78 is 0. The molecule has 0 radical (unpaired) electrons. The topological polar surface area (TPSA) is 15.3 Å². The third-order valence-electron chi connectivity index (χ3n) is 4.39. The monoisotopic (exact) mass is 260 g/mol. The van der Waals surface area contributed by atoms with Crippen LogP contribution in [-0.2, 0) is 0 Å².